The van der Waals surface area contributed by atoms with E-state index in [1.807, 2.05) is 31.1 Å². The molecule has 2 saturated heterocycles. The number of hydrogen-bond donors (Lipinski definition) is 3. The Balaban J connectivity index is 0.811. The number of alkyl carbamates (subject to hydrolysis) is 1. The number of hydrogen-bond acceptors (Lipinski definition) is 7. The Morgan fingerprint density at radius 1 is 0.692 bits per heavy atom. The lowest BCUT2D eigenvalue weighted by Crippen LogP contribution is -2.52. The number of aromatic amines is 2. The second-order valence-electron chi connectivity index (χ2n) is 20.0. The molecule has 338 valence electrons. The number of piperidine rings is 2. The number of methoxy groups -OCH3 is 1. The van der Waals surface area contributed by atoms with Gasteiger partial charge in [0, 0.05) is 28.8 Å². The van der Waals surface area contributed by atoms with Gasteiger partial charge in [0.05, 0.1) is 43.0 Å². The number of allylic oxidation sites excluding steroid dienone is 8. The summed E-state index contributed by atoms with van der Waals surface area (Å²) in [5.41, 5.74) is 11.3. The lowest BCUT2D eigenvalue weighted by molar-refractivity contribution is -0.139. The highest BCUT2D eigenvalue weighted by Crippen LogP contribution is 2.55. The number of carbonyl (C=O) groups excluding carboxylic acids is 3. The van der Waals surface area contributed by atoms with E-state index in [9.17, 15) is 14.4 Å². The molecule has 10 unspecified atom stereocenters. The van der Waals surface area contributed by atoms with Gasteiger partial charge in [-0.1, -0.05) is 83.9 Å². The number of imidazole rings is 2. The van der Waals surface area contributed by atoms with E-state index in [0.717, 1.165) is 98.4 Å². The number of amides is 3. The van der Waals surface area contributed by atoms with Gasteiger partial charge < -0.3 is 34.2 Å². The highest BCUT2D eigenvalue weighted by atomic mass is 16.5. The number of rotatable bonds is 13. The summed E-state index contributed by atoms with van der Waals surface area (Å²) in [6, 6.07) is 8.54. The Bertz CT molecular complexity index is 2820. The molecule has 12 nitrogen and oxygen atoms in total. The molecule has 3 N–H and O–H groups in total. The van der Waals surface area contributed by atoms with E-state index >= 15 is 0 Å². The quantitative estimate of drug-likeness (QED) is 0.107. The standard InChI is InChI=1S/C53H61N7O5/c1-7-27(3)29(5)51(61)59-40-21-34(40)23-42(59)49-54-25-38(56-49)32-13-9-30(10-14-32)36-17-18-37(47-45-20-19-44(65-45)46(36)47)31-11-15-33(16-12-31)39-26-55-50(57-39)43-24-35-22-41(35)60(43)52(62)48(28(4)8-2)58-53(63)64-6/h9,11,13,15,17-20,25-29,34-35,40-43,48H,7-8,10,12,14,16,21-24H2,1-6H3,(H,54,56)(H,55,57)(H,58,63). The van der Waals surface area contributed by atoms with Gasteiger partial charge in [0.1, 0.15) is 28.9 Å². The molecular weight excluding hydrogens is 815 g/mol. The first-order valence-corrected chi connectivity index (χ1v) is 24.2. The van der Waals surface area contributed by atoms with Crippen molar-refractivity contribution < 1.29 is 23.5 Å². The van der Waals surface area contributed by atoms with Crippen LogP contribution >= 0.6 is 0 Å². The van der Waals surface area contributed by atoms with Gasteiger partial charge in [-0.2, -0.15) is 0 Å². The number of ether oxygens (including phenoxy) is 1. The third-order valence-corrected chi connectivity index (χ3v) is 16.4. The van der Waals surface area contributed by atoms with Crippen LogP contribution in [-0.2, 0) is 14.3 Å². The fourth-order valence-corrected chi connectivity index (χ4v) is 11.7. The minimum atomic E-state index is -0.649. The van der Waals surface area contributed by atoms with Gasteiger partial charge in [0.25, 0.3) is 0 Å². The largest absolute Gasteiger partial charge is 0.456 e. The normalized spacial score (nSPS) is 26.5. The van der Waals surface area contributed by atoms with Crippen molar-refractivity contribution in [2.75, 3.05) is 7.11 Å². The molecule has 0 radical (unpaired) electrons. The zero-order valence-electron chi connectivity index (χ0n) is 38.4. The minimum absolute atomic E-state index is 0.0185. The molecular formula is C53H61N7O5. The molecule has 5 aromatic rings. The summed E-state index contributed by atoms with van der Waals surface area (Å²) in [5.74, 6) is 3.37. The van der Waals surface area contributed by atoms with Crippen molar-refractivity contribution >= 4 is 62.1 Å². The van der Waals surface area contributed by atoms with Crippen molar-refractivity contribution in [3.8, 4) is 0 Å². The zero-order valence-corrected chi connectivity index (χ0v) is 38.4. The summed E-state index contributed by atoms with van der Waals surface area (Å²) in [7, 11) is 1.33. The summed E-state index contributed by atoms with van der Waals surface area (Å²) < 4.78 is 11.3. The van der Waals surface area contributed by atoms with Crippen molar-refractivity contribution in [1.29, 1.82) is 0 Å². The monoisotopic (exact) mass is 875 g/mol. The Morgan fingerprint density at radius 2 is 1.17 bits per heavy atom. The number of fused-ring (bicyclic) bond motifs is 7. The van der Waals surface area contributed by atoms with Gasteiger partial charge in [-0.15, -0.1) is 0 Å². The van der Waals surface area contributed by atoms with Crippen LogP contribution in [0, 0.1) is 29.6 Å². The summed E-state index contributed by atoms with van der Waals surface area (Å²) in [6.45, 7) is 10.5. The van der Waals surface area contributed by atoms with Crippen LogP contribution in [-0.4, -0.2) is 72.9 Å². The van der Waals surface area contributed by atoms with Crippen LogP contribution in [0.3, 0.4) is 0 Å². The zero-order chi connectivity index (χ0) is 44.8. The molecule has 2 aliphatic heterocycles. The molecule has 10 atom stereocenters. The van der Waals surface area contributed by atoms with Crippen molar-refractivity contribution in [3.05, 3.63) is 95.1 Å². The van der Waals surface area contributed by atoms with Crippen molar-refractivity contribution in [2.45, 2.75) is 129 Å². The lowest BCUT2D eigenvalue weighted by Gasteiger charge is -2.32. The Kier molecular flexibility index (Phi) is 10.4. The molecule has 4 fully saturated rings. The molecule has 1 aromatic carbocycles. The van der Waals surface area contributed by atoms with Crippen LogP contribution in [0.2, 0.25) is 0 Å². The van der Waals surface area contributed by atoms with E-state index in [-0.39, 0.29) is 41.8 Å². The molecule has 65 heavy (non-hydrogen) atoms. The fraction of sp³-hybridized carbons (Fsp3) is 0.491. The average molecular weight is 876 g/mol. The summed E-state index contributed by atoms with van der Waals surface area (Å²) in [4.78, 5) is 61.2. The van der Waals surface area contributed by atoms with Gasteiger partial charge >= 0.3 is 6.09 Å². The van der Waals surface area contributed by atoms with Crippen LogP contribution in [0.4, 0.5) is 4.79 Å². The second-order valence-corrected chi connectivity index (χ2v) is 20.0. The van der Waals surface area contributed by atoms with Crippen molar-refractivity contribution in [2.24, 2.45) is 29.6 Å². The van der Waals surface area contributed by atoms with Crippen LogP contribution in [0.15, 0.2) is 65.4 Å². The molecule has 4 aliphatic carbocycles. The van der Waals surface area contributed by atoms with Gasteiger partial charge in [-0.05, 0) is 121 Å². The molecule has 4 aromatic heterocycles. The Labute approximate surface area is 380 Å². The number of nitrogens with one attached hydrogen (secondary N) is 3. The number of carbonyl (C=O) groups is 3. The predicted octanol–water partition coefficient (Wildman–Crippen LogP) is 10.8. The molecule has 6 heterocycles. The maximum absolute atomic E-state index is 14.1. The number of benzene rings is 2. The Hall–Kier alpha value is -5.91. The van der Waals surface area contributed by atoms with E-state index in [4.69, 9.17) is 19.1 Å². The number of aromatic nitrogens is 4. The number of H-pyrrole nitrogens is 2. The van der Waals surface area contributed by atoms with Crippen LogP contribution in [0.5, 0.6) is 0 Å². The SMILES string of the molecule is CCC(C)C(C)C(=O)N1C(c2ncc(C3=CC=C(c4ccc(C5=CC=C(c6cnc(C7CC8CC8N7C(=O)C(NC(=O)OC)C(C)CC)[nH]6)CC5)c5c6ccc(o6)c45)CC3)[nH]2)CC2CC21. The first kappa shape index (κ1) is 41.8. The summed E-state index contributed by atoms with van der Waals surface area (Å²) >= 11 is 0. The molecule has 12 heteroatoms. The van der Waals surface area contributed by atoms with Crippen LogP contribution in [0.25, 0.3) is 44.2 Å². The molecule has 0 spiro atoms. The van der Waals surface area contributed by atoms with Crippen LogP contribution in [0.1, 0.15) is 145 Å². The molecule has 3 amide bonds. The Morgan fingerprint density at radius 3 is 1.63 bits per heavy atom. The number of furan rings is 2. The smallest absolute Gasteiger partial charge is 0.407 e. The molecule has 11 rings (SSSR count). The van der Waals surface area contributed by atoms with E-state index in [1.165, 1.54) is 51.3 Å². The van der Waals surface area contributed by atoms with Gasteiger partial charge in [-0.3, -0.25) is 9.59 Å². The number of likely N-dealkylation sites (tertiary alicyclic amines) is 2. The van der Waals surface area contributed by atoms with Gasteiger partial charge in [0.2, 0.25) is 11.8 Å². The second kappa shape index (κ2) is 16.2. The van der Waals surface area contributed by atoms with E-state index < -0.39 is 12.1 Å². The van der Waals surface area contributed by atoms with Crippen LogP contribution < -0.4 is 5.32 Å². The van der Waals surface area contributed by atoms with Gasteiger partial charge in [-0.25, -0.2) is 14.8 Å². The minimum Gasteiger partial charge on any atom is -0.456 e. The maximum Gasteiger partial charge on any atom is 0.407 e. The molecule has 2 bridgehead atoms. The molecule has 6 aliphatic rings. The summed E-state index contributed by atoms with van der Waals surface area (Å²) in [6.07, 6.45) is 21.5. The third kappa shape index (κ3) is 7.13. The van der Waals surface area contributed by atoms with E-state index in [2.05, 4.69) is 89.5 Å². The van der Waals surface area contributed by atoms with Gasteiger partial charge in [0.15, 0.2) is 0 Å². The highest BCUT2D eigenvalue weighted by molar-refractivity contribution is 6.16. The number of nitrogens with zero attached hydrogens (tertiary/aromatic N) is 4. The molecule has 2 saturated carbocycles. The summed E-state index contributed by atoms with van der Waals surface area (Å²) in [5, 5.41) is 5.18. The predicted molar refractivity (Wildman–Crippen MR) is 252 cm³/mol. The maximum atomic E-state index is 14.1. The third-order valence-electron chi connectivity index (χ3n) is 16.4. The van der Waals surface area contributed by atoms with E-state index in [0.29, 0.717) is 23.8 Å². The van der Waals surface area contributed by atoms with Crippen molar-refractivity contribution in [3.63, 3.8) is 0 Å². The fourth-order valence-electron chi connectivity index (χ4n) is 11.7. The first-order chi connectivity index (χ1) is 31.5. The van der Waals surface area contributed by atoms with E-state index in [1.54, 1.807) is 0 Å². The highest BCUT2D eigenvalue weighted by Gasteiger charge is 2.57. The first-order valence-electron chi connectivity index (χ1n) is 24.2. The lowest BCUT2D eigenvalue weighted by atomic mass is 9.85. The van der Waals surface area contributed by atoms with Crippen molar-refractivity contribution in [1.82, 2.24) is 35.1 Å². The topological polar surface area (TPSA) is 149 Å². The average Bonchev–Trinajstić information content (AvgIpc) is 3.79.